The van der Waals surface area contributed by atoms with Gasteiger partial charge in [0.05, 0.1) is 6.04 Å². The molecule has 0 saturated heterocycles. The van der Waals surface area contributed by atoms with Crippen molar-refractivity contribution in [3.8, 4) is 0 Å². The van der Waals surface area contributed by atoms with E-state index in [2.05, 4.69) is 10.1 Å². The highest BCUT2D eigenvalue weighted by atomic mass is 16.6. The van der Waals surface area contributed by atoms with Crippen LogP contribution in [0.3, 0.4) is 0 Å². The SMILES string of the molecule is COC(O)NC(=O)NC(C)C(N)O. The van der Waals surface area contributed by atoms with Gasteiger partial charge in [-0.1, -0.05) is 0 Å². The molecule has 0 rings (SSSR count). The zero-order valence-corrected chi connectivity index (χ0v) is 7.52. The number of carbonyl (C=O) groups excluding carboxylic acids is 1. The van der Waals surface area contributed by atoms with Crippen molar-refractivity contribution in [2.24, 2.45) is 5.73 Å². The molecule has 3 atom stereocenters. The predicted molar refractivity (Wildman–Crippen MR) is 44.3 cm³/mol. The fourth-order valence-electron chi connectivity index (χ4n) is 0.505. The van der Waals surface area contributed by atoms with E-state index >= 15 is 0 Å². The van der Waals surface area contributed by atoms with E-state index in [0.29, 0.717) is 0 Å². The number of methoxy groups -OCH3 is 1. The summed E-state index contributed by atoms with van der Waals surface area (Å²) in [5.74, 6) is 0. The van der Waals surface area contributed by atoms with E-state index in [1.165, 1.54) is 14.0 Å². The van der Waals surface area contributed by atoms with E-state index in [0.717, 1.165) is 0 Å². The third-order valence-corrected chi connectivity index (χ3v) is 1.35. The zero-order chi connectivity index (χ0) is 10.4. The maximum atomic E-state index is 10.9. The van der Waals surface area contributed by atoms with Crippen molar-refractivity contribution >= 4 is 6.03 Å². The van der Waals surface area contributed by atoms with Crippen molar-refractivity contribution in [2.75, 3.05) is 7.11 Å². The molecule has 0 aromatic heterocycles. The molecular formula is C6H15N3O4. The maximum absolute atomic E-state index is 10.9. The van der Waals surface area contributed by atoms with Gasteiger partial charge in [-0.05, 0) is 6.92 Å². The first-order chi connectivity index (χ1) is 5.97. The quantitative estimate of drug-likeness (QED) is 0.327. The number of aliphatic hydroxyl groups is 2. The van der Waals surface area contributed by atoms with E-state index in [4.69, 9.17) is 15.9 Å². The third kappa shape index (κ3) is 5.36. The number of carbonyl (C=O) groups is 1. The zero-order valence-electron chi connectivity index (χ0n) is 7.52. The summed E-state index contributed by atoms with van der Waals surface area (Å²) in [5, 5.41) is 21.9. The summed E-state index contributed by atoms with van der Waals surface area (Å²) < 4.78 is 4.35. The lowest BCUT2D eigenvalue weighted by atomic mass is 10.3. The van der Waals surface area contributed by atoms with Gasteiger partial charge in [0.15, 0.2) is 0 Å². The number of nitrogens with two attached hydrogens (primary N) is 1. The van der Waals surface area contributed by atoms with Crippen molar-refractivity contribution in [3.63, 3.8) is 0 Å². The molecule has 0 aliphatic rings. The van der Waals surface area contributed by atoms with E-state index < -0.39 is 24.7 Å². The fourth-order valence-corrected chi connectivity index (χ4v) is 0.505. The third-order valence-electron chi connectivity index (χ3n) is 1.35. The van der Waals surface area contributed by atoms with E-state index in [-0.39, 0.29) is 0 Å². The van der Waals surface area contributed by atoms with Crippen LogP contribution in [0.4, 0.5) is 4.79 Å². The molecule has 0 fully saturated rings. The summed E-state index contributed by atoms with van der Waals surface area (Å²) in [5.41, 5.74) is 5.07. The Bertz CT molecular complexity index is 164. The number of amides is 2. The minimum atomic E-state index is -1.37. The molecule has 7 nitrogen and oxygen atoms in total. The number of ether oxygens (including phenoxy) is 1. The lowest BCUT2D eigenvalue weighted by molar-refractivity contribution is -0.0876. The van der Waals surface area contributed by atoms with Crippen LogP contribution in [-0.2, 0) is 4.74 Å². The normalized spacial score (nSPS) is 17.3. The molecule has 0 aromatic rings. The van der Waals surface area contributed by atoms with Crippen molar-refractivity contribution < 1.29 is 19.7 Å². The van der Waals surface area contributed by atoms with Gasteiger partial charge < -0.3 is 26.0 Å². The molecule has 0 aliphatic heterocycles. The Morgan fingerprint density at radius 1 is 1.46 bits per heavy atom. The van der Waals surface area contributed by atoms with E-state index in [1.54, 1.807) is 0 Å². The molecule has 3 unspecified atom stereocenters. The van der Waals surface area contributed by atoms with Crippen LogP contribution >= 0.6 is 0 Å². The van der Waals surface area contributed by atoms with Crippen LogP contribution in [0, 0.1) is 0 Å². The van der Waals surface area contributed by atoms with Gasteiger partial charge in [0.1, 0.15) is 6.23 Å². The number of rotatable bonds is 4. The molecule has 0 saturated carbocycles. The van der Waals surface area contributed by atoms with Crippen LogP contribution in [0.15, 0.2) is 0 Å². The van der Waals surface area contributed by atoms with Crippen LogP contribution in [0.25, 0.3) is 0 Å². The second kappa shape index (κ2) is 5.70. The molecule has 78 valence electrons. The second-order valence-corrected chi connectivity index (χ2v) is 2.49. The molecule has 0 spiro atoms. The Labute approximate surface area is 75.9 Å². The molecule has 0 heterocycles. The molecule has 2 amide bonds. The molecular weight excluding hydrogens is 178 g/mol. The lowest BCUT2D eigenvalue weighted by Gasteiger charge is -2.18. The Balaban J connectivity index is 3.74. The Morgan fingerprint density at radius 3 is 2.38 bits per heavy atom. The average Bonchev–Trinajstić information content (AvgIpc) is 2.03. The molecule has 0 bridgehead atoms. The number of hydrogen-bond donors (Lipinski definition) is 5. The van der Waals surface area contributed by atoms with Crippen LogP contribution in [0.1, 0.15) is 6.92 Å². The summed E-state index contributed by atoms with van der Waals surface area (Å²) in [7, 11) is 1.23. The minimum Gasteiger partial charge on any atom is -0.377 e. The number of urea groups is 1. The highest BCUT2D eigenvalue weighted by Gasteiger charge is 2.13. The van der Waals surface area contributed by atoms with Gasteiger partial charge >= 0.3 is 6.03 Å². The minimum absolute atomic E-state index is 0.607. The molecule has 7 heteroatoms. The second-order valence-electron chi connectivity index (χ2n) is 2.49. The predicted octanol–water partition coefficient (Wildman–Crippen LogP) is -2.13. The summed E-state index contributed by atoms with van der Waals surface area (Å²) >= 11 is 0. The van der Waals surface area contributed by atoms with Crippen LogP contribution in [-0.4, -0.2) is 42.0 Å². The van der Waals surface area contributed by atoms with Gasteiger partial charge in [-0.2, -0.15) is 0 Å². The summed E-state index contributed by atoms with van der Waals surface area (Å²) in [6.07, 6.45) is -2.52. The van der Waals surface area contributed by atoms with Gasteiger partial charge in [0.2, 0.25) is 6.41 Å². The average molecular weight is 193 g/mol. The number of nitrogens with one attached hydrogen (secondary N) is 2. The van der Waals surface area contributed by atoms with Crippen LogP contribution in [0.2, 0.25) is 0 Å². The Hall–Kier alpha value is -0.890. The highest BCUT2D eigenvalue weighted by molar-refractivity contribution is 5.74. The first-order valence-electron chi connectivity index (χ1n) is 3.69. The molecule has 6 N–H and O–H groups in total. The van der Waals surface area contributed by atoms with Gasteiger partial charge in [0, 0.05) is 7.11 Å². The van der Waals surface area contributed by atoms with E-state index in [1.807, 2.05) is 5.32 Å². The Morgan fingerprint density at radius 2 is 2.00 bits per heavy atom. The number of hydrogen-bond acceptors (Lipinski definition) is 5. The Kier molecular flexibility index (Phi) is 5.31. The number of aliphatic hydroxyl groups excluding tert-OH is 2. The van der Waals surface area contributed by atoms with Crippen molar-refractivity contribution in [2.45, 2.75) is 25.6 Å². The maximum Gasteiger partial charge on any atom is 0.319 e. The molecule has 0 aliphatic carbocycles. The monoisotopic (exact) mass is 193 g/mol. The topological polar surface area (TPSA) is 117 Å². The molecule has 13 heavy (non-hydrogen) atoms. The van der Waals surface area contributed by atoms with Crippen molar-refractivity contribution in [1.29, 1.82) is 0 Å². The van der Waals surface area contributed by atoms with Crippen LogP contribution < -0.4 is 16.4 Å². The first-order valence-corrected chi connectivity index (χ1v) is 3.69. The fraction of sp³-hybridized carbons (Fsp3) is 0.833. The van der Waals surface area contributed by atoms with Gasteiger partial charge in [-0.15, -0.1) is 0 Å². The summed E-state index contributed by atoms with van der Waals surface area (Å²) in [4.78, 5) is 10.9. The smallest absolute Gasteiger partial charge is 0.319 e. The molecule has 0 radical (unpaired) electrons. The van der Waals surface area contributed by atoms with Gasteiger partial charge in [-0.25, -0.2) is 4.79 Å². The van der Waals surface area contributed by atoms with Crippen LogP contribution in [0.5, 0.6) is 0 Å². The molecule has 0 aromatic carbocycles. The van der Waals surface area contributed by atoms with Crippen molar-refractivity contribution in [1.82, 2.24) is 10.6 Å². The van der Waals surface area contributed by atoms with Gasteiger partial charge in [0.25, 0.3) is 0 Å². The first kappa shape index (κ1) is 12.1. The summed E-state index contributed by atoms with van der Waals surface area (Å²) in [6, 6.07) is -1.28. The largest absolute Gasteiger partial charge is 0.377 e. The standard InChI is InChI=1S/C6H15N3O4/c1-3(4(7)10)8-5(11)9-6(12)13-2/h3-4,6,10,12H,7H2,1-2H3,(H2,8,9,11). The van der Waals surface area contributed by atoms with Crippen molar-refractivity contribution in [3.05, 3.63) is 0 Å². The summed E-state index contributed by atoms with van der Waals surface area (Å²) in [6.45, 7) is 1.52. The lowest BCUT2D eigenvalue weighted by Crippen LogP contribution is -2.51. The van der Waals surface area contributed by atoms with Gasteiger partial charge in [-0.3, -0.25) is 5.32 Å². The van der Waals surface area contributed by atoms with E-state index in [9.17, 15) is 4.79 Å². The highest BCUT2D eigenvalue weighted by Crippen LogP contribution is 1.85.